The smallest absolute Gasteiger partial charge is 0.247 e. The minimum absolute atomic E-state index is 0.444. The van der Waals surface area contributed by atoms with E-state index in [4.69, 9.17) is 0 Å². The van der Waals surface area contributed by atoms with Crippen molar-refractivity contribution >= 4 is 11.6 Å². The lowest BCUT2D eigenvalue weighted by atomic mass is 9.96. The molecule has 0 unspecified atom stereocenters. The Morgan fingerprint density at radius 2 is 1.83 bits per heavy atom. The molecule has 94 valence electrons. The van der Waals surface area contributed by atoms with Gasteiger partial charge in [0.15, 0.2) is 0 Å². The number of para-hydroxylation sites is 1. The summed E-state index contributed by atoms with van der Waals surface area (Å²) in [6, 6.07) is 10.5. The Morgan fingerprint density at radius 1 is 1.06 bits per heavy atom. The van der Waals surface area contributed by atoms with Crippen molar-refractivity contribution in [3.05, 3.63) is 30.3 Å². The van der Waals surface area contributed by atoms with Gasteiger partial charge in [-0.3, -0.25) is 0 Å². The molecule has 5 nitrogen and oxygen atoms in total. The van der Waals surface area contributed by atoms with Gasteiger partial charge in [-0.25, -0.2) is 4.68 Å². The van der Waals surface area contributed by atoms with Crippen LogP contribution in [0.2, 0.25) is 0 Å². The largest absolute Gasteiger partial charge is 0.323 e. The van der Waals surface area contributed by atoms with Crippen LogP contribution in [0.15, 0.2) is 30.3 Å². The van der Waals surface area contributed by atoms with E-state index in [1.165, 1.54) is 32.1 Å². The number of benzene rings is 1. The van der Waals surface area contributed by atoms with Gasteiger partial charge in [0.1, 0.15) is 0 Å². The molecule has 0 bridgehead atoms. The summed E-state index contributed by atoms with van der Waals surface area (Å²) in [4.78, 5) is 0. The molecule has 1 fully saturated rings. The molecule has 1 aliphatic carbocycles. The molecule has 18 heavy (non-hydrogen) atoms. The van der Waals surface area contributed by atoms with E-state index in [0.29, 0.717) is 6.04 Å². The zero-order valence-electron chi connectivity index (χ0n) is 10.3. The number of hydrogen-bond acceptors (Lipinski definition) is 4. The first-order valence-corrected chi connectivity index (χ1v) is 6.53. The van der Waals surface area contributed by atoms with Gasteiger partial charge in [-0.2, -0.15) is 0 Å². The predicted molar refractivity (Wildman–Crippen MR) is 69.7 cm³/mol. The third kappa shape index (κ3) is 2.34. The topological polar surface area (TPSA) is 55.6 Å². The van der Waals surface area contributed by atoms with Crippen molar-refractivity contribution in [3.63, 3.8) is 0 Å². The van der Waals surface area contributed by atoms with Gasteiger partial charge < -0.3 is 5.32 Å². The van der Waals surface area contributed by atoms with E-state index in [2.05, 4.69) is 20.8 Å². The van der Waals surface area contributed by atoms with Crippen LogP contribution < -0.4 is 5.32 Å². The van der Waals surface area contributed by atoms with Crippen molar-refractivity contribution in [1.29, 1.82) is 0 Å². The molecular weight excluding hydrogens is 226 g/mol. The molecule has 1 saturated carbocycles. The van der Waals surface area contributed by atoms with E-state index < -0.39 is 0 Å². The maximum absolute atomic E-state index is 4.13. The van der Waals surface area contributed by atoms with Crippen LogP contribution >= 0.6 is 0 Å². The first-order chi connectivity index (χ1) is 8.93. The monoisotopic (exact) mass is 243 g/mol. The van der Waals surface area contributed by atoms with Crippen molar-refractivity contribution in [2.45, 2.75) is 38.1 Å². The maximum atomic E-state index is 4.13. The Bertz CT molecular complexity index is 487. The van der Waals surface area contributed by atoms with E-state index in [-0.39, 0.29) is 0 Å². The van der Waals surface area contributed by atoms with Crippen molar-refractivity contribution in [1.82, 2.24) is 20.2 Å². The van der Waals surface area contributed by atoms with Gasteiger partial charge in [-0.15, -0.1) is 0 Å². The summed E-state index contributed by atoms with van der Waals surface area (Å²) < 4.78 is 1.94. The molecule has 5 heteroatoms. The predicted octanol–water partition coefficient (Wildman–Crippen LogP) is 2.92. The fourth-order valence-electron chi connectivity index (χ4n) is 2.50. The van der Waals surface area contributed by atoms with Gasteiger partial charge in [0.2, 0.25) is 5.95 Å². The minimum atomic E-state index is 0.444. The summed E-state index contributed by atoms with van der Waals surface area (Å²) in [5.74, 6) is 0.744. The molecule has 2 aromatic rings. The number of rotatable bonds is 3. The van der Waals surface area contributed by atoms with Crippen molar-refractivity contribution < 1.29 is 0 Å². The SMILES string of the molecule is c1ccc(Nc2nnnn2C2CCCCC2)cc1. The highest BCUT2D eigenvalue weighted by Crippen LogP contribution is 2.29. The molecule has 1 aromatic carbocycles. The van der Waals surface area contributed by atoms with Gasteiger partial charge in [-0.1, -0.05) is 42.6 Å². The molecule has 0 amide bonds. The third-order valence-electron chi connectivity index (χ3n) is 3.44. The van der Waals surface area contributed by atoms with Crippen molar-refractivity contribution in [2.24, 2.45) is 0 Å². The Hall–Kier alpha value is -1.91. The third-order valence-corrected chi connectivity index (χ3v) is 3.44. The first-order valence-electron chi connectivity index (χ1n) is 6.53. The van der Waals surface area contributed by atoms with Crippen LogP contribution in [0.5, 0.6) is 0 Å². The van der Waals surface area contributed by atoms with Gasteiger partial charge >= 0.3 is 0 Å². The van der Waals surface area contributed by atoms with Gasteiger partial charge in [-0.05, 0) is 35.4 Å². The van der Waals surface area contributed by atoms with Crippen LogP contribution in [0, 0.1) is 0 Å². The Morgan fingerprint density at radius 3 is 2.61 bits per heavy atom. The van der Waals surface area contributed by atoms with E-state index in [1.54, 1.807) is 0 Å². The summed E-state index contributed by atoms with van der Waals surface area (Å²) >= 11 is 0. The molecule has 1 heterocycles. The van der Waals surface area contributed by atoms with E-state index >= 15 is 0 Å². The second-order valence-electron chi connectivity index (χ2n) is 4.73. The highest BCUT2D eigenvalue weighted by molar-refractivity contribution is 5.52. The number of hydrogen-bond donors (Lipinski definition) is 1. The van der Waals surface area contributed by atoms with Crippen LogP contribution in [0.25, 0.3) is 0 Å². The lowest BCUT2D eigenvalue weighted by Crippen LogP contribution is -2.16. The second kappa shape index (κ2) is 5.16. The molecule has 0 aliphatic heterocycles. The fraction of sp³-hybridized carbons (Fsp3) is 0.462. The zero-order chi connectivity index (χ0) is 12.2. The molecule has 0 radical (unpaired) electrons. The Kier molecular flexibility index (Phi) is 3.21. The maximum Gasteiger partial charge on any atom is 0.247 e. The standard InChI is InChI=1S/C13H17N5/c1-3-7-11(8-4-1)14-13-15-16-17-18(13)12-9-5-2-6-10-12/h1,3-4,7-8,12H,2,5-6,9-10H2,(H,14,15,17). The Labute approximate surface area is 106 Å². The van der Waals surface area contributed by atoms with E-state index in [1.807, 2.05) is 35.0 Å². The summed E-state index contributed by atoms with van der Waals surface area (Å²) in [7, 11) is 0. The molecule has 1 aromatic heterocycles. The quantitative estimate of drug-likeness (QED) is 0.900. The number of aromatic nitrogens is 4. The van der Waals surface area contributed by atoms with Crippen LogP contribution in [-0.2, 0) is 0 Å². The molecule has 1 N–H and O–H groups in total. The lowest BCUT2D eigenvalue weighted by molar-refractivity contribution is 0.327. The molecule has 0 saturated heterocycles. The molecule has 3 rings (SSSR count). The number of tetrazole rings is 1. The number of nitrogens with zero attached hydrogens (tertiary/aromatic N) is 4. The van der Waals surface area contributed by atoms with Gasteiger partial charge in [0.05, 0.1) is 6.04 Å². The minimum Gasteiger partial charge on any atom is -0.323 e. The zero-order valence-corrected chi connectivity index (χ0v) is 10.3. The van der Waals surface area contributed by atoms with Gasteiger partial charge in [0, 0.05) is 5.69 Å². The number of nitrogens with one attached hydrogen (secondary N) is 1. The summed E-state index contributed by atoms with van der Waals surface area (Å²) in [5, 5.41) is 15.3. The number of anilines is 2. The average Bonchev–Trinajstić information content (AvgIpc) is 2.89. The summed E-state index contributed by atoms with van der Waals surface area (Å²) in [6.07, 6.45) is 6.23. The normalized spacial score (nSPS) is 16.7. The molecular formula is C13H17N5. The molecule has 0 atom stereocenters. The van der Waals surface area contributed by atoms with E-state index in [0.717, 1.165) is 11.6 Å². The summed E-state index contributed by atoms with van der Waals surface area (Å²) in [6.45, 7) is 0. The summed E-state index contributed by atoms with van der Waals surface area (Å²) in [5.41, 5.74) is 1.02. The second-order valence-corrected chi connectivity index (χ2v) is 4.73. The first kappa shape index (κ1) is 11.2. The Balaban J connectivity index is 1.78. The lowest BCUT2D eigenvalue weighted by Gasteiger charge is -2.22. The molecule has 1 aliphatic rings. The van der Waals surface area contributed by atoms with Crippen LogP contribution in [0.3, 0.4) is 0 Å². The molecule has 0 spiro atoms. The highest BCUT2D eigenvalue weighted by atomic mass is 15.6. The fourth-order valence-corrected chi connectivity index (χ4v) is 2.50. The van der Waals surface area contributed by atoms with Crippen LogP contribution in [0.1, 0.15) is 38.1 Å². The van der Waals surface area contributed by atoms with Gasteiger partial charge in [0.25, 0.3) is 0 Å². The van der Waals surface area contributed by atoms with Crippen molar-refractivity contribution in [3.8, 4) is 0 Å². The van der Waals surface area contributed by atoms with Crippen molar-refractivity contribution in [2.75, 3.05) is 5.32 Å². The average molecular weight is 243 g/mol. The highest BCUT2D eigenvalue weighted by Gasteiger charge is 2.19. The van der Waals surface area contributed by atoms with E-state index in [9.17, 15) is 0 Å². The van der Waals surface area contributed by atoms with Crippen LogP contribution in [0.4, 0.5) is 11.6 Å². The van der Waals surface area contributed by atoms with Crippen LogP contribution in [-0.4, -0.2) is 20.2 Å².